The Morgan fingerprint density at radius 1 is 1.39 bits per heavy atom. The Morgan fingerprint density at radius 3 is 2.83 bits per heavy atom. The van der Waals surface area contributed by atoms with E-state index in [9.17, 15) is 4.79 Å². The number of esters is 1. The van der Waals surface area contributed by atoms with Crippen molar-refractivity contribution in [2.24, 2.45) is 0 Å². The summed E-state index contributed by atoms with van der Waals surface area (Å²) in [5.74, 6) is 0.711. The number of hydrogen-bond acceptors (Lipinski definition) is 3. The van der Waals surface area contributed by atoms with E-state index in [1.54, 1.807) is 0 Å². The SMILES string of the molecule is CCC(C)OC(=O)CCCOc1cccc(C)c1. The predicted molar refractivity (Wildman–Crippen MR) is 71.8 cm³/mol. The molecule has 1 atom stereocenters. The van der Waals surface area contributed by atoms with E-state index in [0.717, 1.165) is 12.2 Å². The zero-order valence-electron chi connectivity index (χ0n) is 11.4. The minimum Gasteiger partial charge on any atom is -0.494 e. The monoisotopic (exact) mass is 250 g/mol. The van der Waals surface area contributed by atoms with Crippen LogP contribution in [-0.4, -0.2) is 18.7 Å². The van der Waals surface area contributed by atoms with Gasteiger partial charge in [0.2, 0.25) is 0 Å². The normalized spacial score (nSPS) is 11.9. The molecule has 0 radical (unpaired) electrons. The molecule has 0 fully saturated rings. The van der Waals surface area contributed by atoms with Crippen LogP contribution in [0.3, 0.4) is 0 Å². The minimum atomic E-state index is -0.141. The maximum absolute atomic E-state index is 11.4. The van der Waals surface area contributed by atoms with Gasteiger partial charge in [-0.25, -0.2) is 0 Å². The van der Waals surface area contributed by atoms with Gasteiger partial charge in [-0.3, -0.25) is 4.79 Å². The average Bonchev–Trinajstić information content (AvgIpc) is 2.34. The van der Waals surface area contributed by atoms with Crippen molar-refractivity contribution in [2.75, 3.05) is 6.61 Å². The number of benzene rings is 1. The lowest BCUT2D eigenvalue weighted by molar-refractivity contribution is -0.148. The van der Waals surface area contributed by atoms with Crippen LogP contribution in [0.5, 0.6) is 5.75 Å². The fourth-order valence-corrected chi connectivity index (χ4v) is 1.48. The first-order valence-corrected chi connectivity index (χ1v) is 6.50. The Kier molecular flexibility index (Phi) is 6.26. The molecule has 0 saturated carbocycles. The largest absolute Gasteiger partial charge is 0.494 e. The molecule has 1 aromatic rings. The average molecular weight is 250 g/mol. The molecule has 0 aliphatic rings. The molecule has 100 valence electrons. The Hall–Kier alpha value is -1.51. The van der Waals surface area contributed by atoms with Gasteiger partial charge in [-0.1, -0.05) is 19.1 Å². The topological polar surface area (TPSA) is 35.5 Å². The van der Waals surface area contributed by atoms with Gasteiger partial charge in [0.15, 0.2) is 0 Å². The number of carbonyl (C=O) groups is 1. The van der Waals surface area contributed by atoms with Crippen LogP contribution >= 0.6 is 0 Å². The predicted octanol–water partition coefficient (Wildman–Crippen LogP) is 3.50. The Labute approximate surface area is 109 Å². The molecule has 1 aromatic carbocycles. The third-order valence-corrected chi connectivity index (χ3v) is 2.69. The quantitative estimate of drug-likeness (QED) is 0.549. The summed E-state index contributed by atoms with van der Waals surface area (Å²) >= 11 is 0. The summed E-state index contributed by atoms with van der Waals surface area (Å²) < 4.78 is 10.7. The number of rotatable bonds is 7. The van der Waals surface area contributed by atoms with Gasteiger partial charge in [-0.05, 0) is 44.4 Å². The van der Waals surface area contributed by atoms with Crippen molar-refractivity contribution < 1.29 is 14.3 Å². The number of carbonyl (C=O) groups excluding carboxylic acids is 1. The molecule has 1 rings (SSSR count). The van der Waals surface area contributed by atoms with Gasteiger partial charge in [-0.2, -0.15) is 0 Å². The van der Waals surface area contributed by atoms with Crippen LogP contribution in [-0.2, 0) is 9.53 Å². The maximum Gasteiger partial charge on any atom is 0.306 e. The van der Waals surface area contributed by atoms with Gasteiger partial charge in [0.05, 0.1) is 12.7 Å². The highest BCUT2D eigenvalue weighted by Gasteiger charge is 2.07. The van der Waals surface area contributed by atoms with Crippen LogP contribution in [0.1, 0.15) is 38.7 Å². The van der Waals surface area contributed by atoms with E-state index in [0.29, 0.717) is 19.4 Å². The Morgan fingerprint density at radius 2 is 2.17 bits per heavy atom. The standard InChI is InChI=1S/C15H22O3/c1-4-13(3)18-15(16)9-6-10-17-14-8-5-7-12(2)11-14/h5,7-8,11,13H,4,6,9-10H2,1-3H3. The summed E-state index contributed by atoms with van der Waals surface area (Å²) in [5.41, 5.74) is 1.17. The fourth-order valence-electron chi connectivity index (χ4n) is 1.48. The second-order valence-corrected chi connectivity index (χ2v) is 4.48. The van der Waals surface area contributed by atoms with E-state index < -0.39 is 0 Å². The lowest BCUT2D eigenvalue weighted by atomic mass is 10.2. The van der Waals surface area contributed by atoms with Gasteiger partial charge in [0.1, 0.15) is 5.75 Å². The summed E-state index contributed by atoms with van der Waals surface area (Å²) in [7, 11) is 0. The van der Waals surface area contributed by atoms with Gasteiger partial charge in [0.25, 0.3) is 0 Å². The first-order valence-electron chi connectivity index (χ1n) is 6.50. The van der Waals surface area contributed by atoms with Crippen LogP contribution in [0.2, 0.25) is 0 Å². The molecule has 0 aromatic heterocycles. The zero-order chi connectivity index (χ0) is 13.4. The highest BCUT2D eigenvalue weighted by atomic mass is 16.5. The van der Waals surface area contributed by atoms with Crippen molar-refractivity contribution in [2.45, 2.75) is 46.1 Å². The van der Waals surface area contributed by atoms with E-state index in [-0.39, 0.29) is 12.1 Å². The lowest BCUT2D eigenvalue weighted by Crippen LogP contribution is -2.14. The molecule has 0 aliphatic heterocycles. The van der Waals surface area contributed by atoms with Crippen LogP contribution < -0.4 is 4.74 Å². The molecule has 18 heavy (non-hydrogen) atoms. The van der Waals surface area contributed by atoms with Crippen molar-refractivity contribution in [1.29, 1.82) is 0 Å². The Bertz CT molecular complexity index is 374. The van der Waals surface area contributed by atoms with Gasteiger partial charge in [-0.15, -0.1) is 0 Å². The van der Waals surface area contributed by atoms with E-state index in [1.165, 1.54) is 5.56 Å². The molecule has 0 heterocycles. The van der Waals surface area contributed by atoms with Crippen molar-refractivity contribution in [1.82, 2.24) is 0 Å². The van der Waals surface area contributed by atoms with E-state index in [2.05, 4.69) is 0 Å². The van der Waals surface area contributed by atoms with Crippen molar-refractivity contribution >= 4 is 5.97 Å². The van der Waals surface area contributed by atoms with Gasteiger partial charge < -0.3 is 9.47 Å². The van der Waals surface area contributed by atoms with Crippen molar-refractivity contribution in [3.63, 3.8) is 0 Å². The molecule has 0 amide bonds. The maximum atomic E-state index is 11.4. The number of aryl methyl sites for hydroxylation is 1. The summed E-state index contributed by atoms with van der Waals surface area (Å²) in [4.78, 5) is 11.4. The third kappa shape index (κ3) is 5.71. The molecular weight excluding hydrogens is 228 g/mol. The zero-order valence-corrected chi connectivity index (χ0v) is 11.4. The van der Waals surface area contributed by atoms with E-state index in [1.807, 2.05) is 45.0 Å². The Balaban J connectivity index is 2.17. The molecule has 0 aliphatic carbocycles. The highest BCUT2D eigenvalue weighted by molar-refractivity contribution is 5.69. The third-order valence-electron chi connectivity index (χ3n) is 2.69. The molecular formula is C15H22O3. The van der Waals surface area contributed by atoms with Crippen LogP contribution in [0, 0.1) is 6.92 Å². The molecule has 0 saturated heterocycles. The first-order chi connectivity index (χ1) is 8.61. The fraction of sp³-hybridized carbons (Fsp3) is 0.533. The molecule has 0 bridgehead atoms. The smallest absolute Gasteiger partial charge is 0.306 e. The molecule has 0 spiro atoms. The van der Waals surface area contributed by atoms with Crippen molar-refractivity contribution in [3.8, 4) is 5.75 Å². The number of ether oxygens (including phenoxy) is 2. The highest BCUT2D eigenvalue weighted by Crippen LogP contribution is 2.12. The van der Waals surface area contributed by atoms with Crippen LogP contribution in [0.25, 0.3) is 0 Å². The van der Waals surface area contributed by atoms with Crippen LogP contribution in [0.4, 0.5) is 0 Å². The second-order valence-electron chi connectivity index (χ2n) is 4.48. The molecule has 0 N–H and O–H groups in total. The van der Waals surface area contributed by atoms with E-state index in [4.69, 9.17) is 9.47 Å². The van der Waals surface area contributed by atoms with E-state index >= 15 is 0 Å². The summed E-state index contributed by atoms with van der Waals surface area (Å²) in [6, 6.07) is 7.89. The second kappa shape index (κ2) is 7.75. The summed E-state index contributed by atoms with van der Waals surface area (Å²) in [6.07, 6.45) is 1.96. The molecule has 3 heteroatoms. The summed E-state index contributed by atoms with van der Waals surface area (Å²) in [6.45, 7) is 6.47. The van der Waals surface area contributed by atoms with Crippen molar-refractivity contribution in [3.05, 3.63) is 29.8 Å². The number of hydrogen-bond donors (Lipinski definition) is 0. The minimum absolute atomic E-state index is 0.00944. The van der Waals surface area contributed by atoms with Gasteiger partial charge >= 0.3 is 5.97 Å². The van der Waals surface area contributed by atoms with Crippen LogP contribution in [0.15, 0.2) is 24.3 Å². The molecule has 1 unspecified atom stereocenters. The summed E-state index contributed by atoms with van der Waals surface area (Å²) in [5, 5.41) is 0. The molecule has 3 nitrogen and oxygen atoms in total. The first kappa shape index (κ1) is 14.6. The lowest BCUT2D eigenvalue weighted by Gasteiger charge is -2.11. The van der Waals surface area contributed by atoms with Gasteiger partial charge in [0, 0.05) is 6.42 Å².